The monoisotopic (exact) mass is 282 g/mol. The molecule has 0 saturated heterocycles. The van der Waals surface area contributed by atoms with Gasteiger partial charge >= 0.3 is 0 Å². The van der Waals surface area contributed by atoms with Crippen molar-refractivity contribution in [3.63, 3.8) is 0 Å². The van der Waals surface area contributed by atoms with E-state index >= 15 is 0 Å². The number of hydrogen-bond acceptors (Lipinski definition) is 3. The zero-order valence-corrected chi connectivity index (χ0v) is 12.7. The van der Waals surface area contributed by atoms with Crippen molar-refractivity contribution in [1.82, 2.24) is 10.3 Å². The van der Waals surface area contributed by atoms with E-state index in [1.807, 2.05) is 12.3 Å². The van der Waals surface area contributed by atoms with Crippen molar-refractivity contribution in [3.8, 4) is 5.75 Å². The van der Waals surface area contributed by atoms with Crippen LogP contribution in [-0.2, 0) is 13.2 Å². The smallest absolute Gasteiger partial charge is 0.130 e. The molecule has 0 amide bonds. The van der Waals surface area contributed by atoms with Crippen LogP contribution in [0.5, 0.6) is 5.75 Å². The summed E-state index contributed by atoms with van der Waals surface area (Å²) in [6.07, 6.45) is 4.42. The van der Waals surface area contributed by atoms with Gasteiger partial charge in [0.2, 0.25) is 0 Å². The van der Waals surface area contributed by atoms with Gasteiger partial charge in [-0.3, -0.25) is 4.98 Å². The fourth-order valence-electron chi connectivity index (χ4n) is 2.41. The highest BCUT2D eigenvalue weighted by atomic mass is 16.5. The Kier molecular flexibility index (Phi) is 4.20. The molecule has 1 aromatic carbocycles. The van der Waals surface area contributed by atoms with Crippen molar-refractivity contribution in [3.05, 3.63) is 58.9 Å². The lowest BCUT2D eigenvalue weighted by Gasteiger charge is -2.15. The molecule has 21 heavy (non-hydrogen) atoms. The first kappa shape index (κ1) is 14.1. The van der Waals surface area contributed by atoms with Crippen molar-refractivity contribution in [2.24, 2.45) is 0 Å². The van der Waals surface area contributed by atoms with Crippen LogP contribution in [0.25, 0.3) is 0 Å². The van der Waals surface area contributed by atoms with E-state index in [1.54, 1.807) is 0 Å². The third-order valence-corrected chi connectivity index (χ3v) is 3.92. The maximum atomic E-state index is 6.09. The predicted molar refractivity (Wildman–Crippen MR) is 84.3 cm³/mol. The lowest BCUT2D eigenvalue weighted by atomic mass is 10.1. The Bertz CT molecular complexity index is 620. The summed E-state index contributed by atoms with van der Waals surface area (Å²) < 4.78 is 6.09. The molecule has 0 radical (unpaired) electrons. The molecular weight excluding hydrogens is 260 g/mol. The van der Waals surface area contributed by atoms with Gasteiger partial charge in [0.15, 0.2) is 0 Å². The van der Waals surface area contributed by atoms with Crippen LogP contribution >= 0.6 is 0 Å². The molecule has 3 nitrogen and oxygen atoms in total. The predicted octanol–water partition coefficient (Wildman–Crippen LogP) is 3.53. The molecule has 3 rings (SSSR count). The lowest BCUT2D eigenvalue weighted by Crippen LogP contribution is -2.16. The molecule has 0 spiro atoms. The Balaban J connectivity index is 1.72. The number of nitrogens with one attached hydrogen (secondary N) is 1. The second-order valence-electron chi connectivity index (χ2n) is 5.77. The summed E-state index contributed by atoms with van der Waals surface area (Å²) in [6.45, 7) is 5.57. The average molecular weight is 282 g/mol. The first-order valence-electron chi connectivity index (χ1n) is 7.59. The topological polar surface area (TPSA) is 34.1 Å². The van der Waals surface area contributed by atoms with Gasteiger partial charge in [0.05, 0.1) is 5.69 Å². The number of benzene rings is 1. The number of rotatable bonds is 6. The van der Waals surface area contributed by atoms with Crippen LogP contribution < -0.4 is 10.1 Å². The van der Waals surface area contributed by atoms with Crippen LogP contribution in [0.1, 0.15) is 35.2 Å². The standard InChI is InChI=1S/C18H22N2O/c1-13-6-4-10-19-17(13)12-21-18-14(2)5-3-7-15(18)11-20-16-8-9-16/h3-7,10,16,20H,8-9,11-12H2,1-2H3. The fraction of sp³-hybridized carbons (Fsp3) is 0.389. The summed E-state index contributed by atoms with van der Waals surface area (Å²) >= 11 is 0. The van der Waals surface area contributed by atoms with E-state index in [-0.39, 0.29) is 0 Å². The molecule has 0 aliphatic heterocycles. The molecule has 1 aromatic heterocycles. The summed E-state index contributed by atoms with van der Waals surface area (Å²) in [4.78, 5) is 4.40. The minimum Gasteiger partial charge on any atom is -0.487 e. The van der Waals surface area contributed by atoms with Crippen LogP contribution in [0.2, 0.25) is 0 Å². The number of ether oxygens (including phenoxy) is 1. The molecule has 1 heterocycles. The van der Waals surface area contributed by atoms with E-state index in [0.29, 0.717) is 12.6 Å². The Hall–Kier alpha value is -1.87. The van der Waals surface area contributed by atoms with Crippen LogP contribution in [-0.4, -0.2) is 11.0 Å². The molecular formula is C18H22N2O. The molecule has 1 aliphatic rings. The number of hydrogen-bond donors (Lipinski definition) is 1. The third kappa shape index (κ3) is 3.61. The highest BCUT2D eigenvalue weighted by Gasteiger charge is 2.20. The Morgan fingerprint density at radius 1 is 1.14 bits per heavy atom. The number of pyridine rings is 1. The van der Waals surface area contributed by atoms with Gasteiger partial charge in [-0.25, -0.2) is 0 Å². The second kappa shape index (κ2) is 6.27. The number of aromatic nitrogens is 1. The first-order chi connectivity index (χ1) is 10.2. The van der Waals surface area contributed by atoms with E-state index in [4.69, 9.17) is 4.74 Å². The van der Waals surface area contributed by atoms with Gasteiger partial charge in [0.25, 0.3) is 0 Å². The molecule has 0 bridgehead atoms. The maximum Gasteiger partial charge on any atom is 0.130 e. The maximum absolute atomic E-state index is 6.09. The normalized spacial score (nSPS) is 14.2. The average Bonchev–Trinajstić information content (AvgIpc) is 3.30. The fourth-order valence-corrected chi connectivity index (χ4v) is 2.41. The van der Waals surface area contributed by atoms with Crippen molar-refractivity contribution >= 4 is 0 Å². The Morgan fingerprint density at radius 2 is 1.95 bits per heavy atom. The quantitative estimate of drug-likeness (QED) is 0.880. The first-order valence-corrected chi connectivity index (χ1v) is 7.59. The van der Waals surface area contributed by atoms with Crippen molar-refractivity contribution in [1.29, 1.82) is 0 Å². The minimum atomic E-state index is 0.522. The van der Waals surface area contributed by atoms with Crippen LogP contribution in [0.3, 0.4) is 0 Å². The van der Waals surface area contributed by atoms with Crippen LogP contribution in [0.15, 0.2) is 36.5 Å². The largest absolute Gasteiger partial charge is 0.487 e. The van der Waals surface area contributed by atoms with E-state index in [0.717, 1.165) is 18.0 Å². The second-order valence-corrected chi connectivity index (χ2v) is 5.77. The molecule has 1 aliphatic carbocycles. The number of para-hydroxylation sites is 1. The minimum absolute atomic E-state index is 0.522. The molecule has 1 fully saturated rings. The SMILES string of the molecule is Cc1cccnc1COc1c(C)cccc1CNC1CC1. The Morgan fingerprint density at radius 3 is 2.71 bits per heavy atom. The van der Waals surface area contributed by atoms with E-state index in [2.05, 4.69) is 48.4 Å². The molecule has 3 heteroatoms. The summed E-state index contributed by atoms with van der Waals surface area (Å²) in [5, 5.41) is 3.55. The molecule has 0 unspecified atom stereocenters. The van der Waals surface area contributed by atoms with Gasteiger partial charge in [-0.05, 0) is 43.9 Å². The highest BCUT2D eigenvalue weighted by molar-refractivity contribution is 5.41. The molecule has 1 N–H and O–H groups in total. The lowest BCUT2D eigenvalue weighted by molar-refractivity contribution is 0.294. The summed E-state index contributed by atoms with van der Waals surface area (Å²) in [5.41, 5.74) is 4.58. The van der Waals surface area contributed by atoms with E-state index in [9.17, 15) is 0 Å². The van der Waals surface area contributed by atoms with Crippen molar-refractivity contribution < 1.29 is 4.74 Å². The van der Waals surface area contributed by atoms with E-state index in [1.165, 1.54) is 29.5 Å². The zero-order valence-electron chi connectivity index (χ0n) is 12.7. The van der Waals surface area contributed by atoms with Gasteiger partial charge < -0.3 is 10.1 Å². The molecule has 2 aromatic rings. The van der Waals surface area contributed by atoms with Crippen LogP contribution in [0.4, 0.5) is 0 Å². The van der Waals surface area contributed by atoms with Gasteiger partial charge in [0, 0.05) is 24.3 Å². The molecule has 0 atom stereocenters. The highest BCUT2D eigenvalue weighted by Crippen LogP contribution is 2.26. The van der Waals surface area contributed by atoms with Gasteiger partial charge in [-0.2, -0.15) is 0 Å². The molecule has 1 saturated carbocycles. The number of aryl methyl sites for hydroxylation is 2. The number of nitrogens with zero attached hydrogens (tertiary/aromatic N) is 1. The van der Waals surface area contributed by atoms with E-state index < -0.39 is 0 Å². The third-order valence-electron chi connectivity index (χ3n) is 3.92. The van der Waals surface area contributed by atoms with Crippen molar-refractivity contribution in [2.75, 3.05) is 0 Å². The van der Waals surface area contributed by atoms with Gasteiger partial charge in [0.1, 0.15) is 12.4 Å². The van der Waals surface area contributed by atoms with Gasteiger partial charge in [-0.15, -0.1) is 0 Å². The summed E-state index contributed by atoms with van der Waals surface area (Å²) in [6, 6.07) is 11.1. The zero-order chi connectivity index (χ0) is 14.7. The Labute approximate surface area is 126 Å². The molecule has 110 valence electrons. The van der Waals surface area contributed by atoms with Crippen LogP contribution in [0, 0.1) is 13.8 Å². The van der Waals surface area contributed by atoms with Crippen molar-refractivity contribution in [2.45, 2.75) is 45.9 Å². The summed E-state index contributed by atoms with van der Waals surface area (Å²) in [7, 11) is 0. The van der Waals surface area contributed by atoms with Gasteiger partial charge in [-0.1, -0.05) is 24.3 Å². The summed E-state index contributed by atoms with van der Waals surface area (Å²) in [5.74, 6) is 0.996.